The number of nitrogen functional groups attached to an aromatic ring is 1. The number of nitrogens with two attached hydrogens (primary N) is 1. The van der Waals surface area contributed by atoms with Crippen molar-refractivity contribution < 1.29 is 4.74 Å². The lowest BCUT2D eigenvalue weighted by molar-refractivity contribution is 0.242. The van der Waals surface area contributed by atoms with E-state index in [9.17, 15) is 0 Å². The maximum Gasteiger partial charge on any atom is 0.123 e. The third kappa shape index (κ3) is 4.06. The van der Waals surface area contributed by atoms with Crippen LogP contribution in [0.1, 0.15) is 52.4 Å². The summed E-state index contributed by atoms with van der Waals surface area (Å²) in [5.74, 6) is 0.871. The summed E-state index contributed by atoms with van der Waals surface area (Å²) < 4.78 is 5.79. The third-order valence-corrected chi connectivity index (χ3v) is 4.07. The van der Waals surface area contributed by atoms with E-state index in [2.05, 4.69) is 24.1 Å². The van der Waals surface area contributed by atoms with Crippen LogP contribution in [0, 0.1) is 0 Å². The van der Waals surface area contributed by atoms with Crippen molar-refractivity contribution in [2.75, 3.05) is 17.7 Å². The van der Waals surface area contributed by atoms with E-state index in [-0.39, 0.29) is 6.10 Å². The van der Waals surface area contributed by atoms with Crippen molar-refractivity contribution in [3.8, 4) is 5.75 Å². The zero-order valence-electron chi connectivity index (χ0n) is 13.1. The molecule has 0 atom stereocenters. The molecule has 1 aromatic rings. The van der Waals surface area contributed by atoms with Gasteiger partial charge in [-0.25, -0.2) is 0 Å². The Labute approximate surface area is 123 Å². The average Bonchev–Trinajstić information content (AvgIpc) is 2.65. The largest absolute Gasteiger partial charge is 0.491 e. The summed E-state index contributed by atoms with van der Waals surface area (Å²) in [6.45, 7) is 4.08. The van der Waals surface area contributed by atoms with Gasteiger partial charge in [0.2, 0.25) is 0 Å². The second-order valence-electron chi connectivity index (χ2n) is 6.18. The standard InChI is InChI=1S/C17H28N2O/c1-13(2)20-17-11-14(18)10-16(12-17)19(3)15-8-6-4-5-7-9-15/h10-13,15H,4-9,18H2,1-3H3. The molecule has 1 aliphatic carbocycles. The first kappa shape index (κ1) is 15.0. The van der Waals surface area contributed by atoms with Crippen LogP contribution in [0.5, 0.6) is 5.75 Å². The van der Waals surface area contributed by atoms with Crippen LogP contribution in [0.3, 0.4) is 0 Å². The molecule has 0 unspecified atom stereocenters. The summed E-state index contributed by atoms with van der Waals surface area (Å²) in [6.07, 6.45) is 8.18. The van der Waals surface area contributed by atoms with Crippen LogP contribution in [-0.4, -0.2) is 19.2 Å². The Balaban J connectivity index is 2.15. The average molecular weight is 276 g/mol. The highest BCUT2D eigenvalue weighted by Crippen LogP contribution is 2.30. The van der Waals surface area contributed by atoms with E-state index in [0.29, 0.717) is 6.04 Å². The van der Waals surface area contributed by atoms with Gasteiger partial charge in [-0.15, -0.1) is 0 Å². The number of nitrogens with zero attached hydrogens (tertiary/aromatic N) is 1. The van der Waals surface area contributed by atoms with Gasteiger partial charge in [-0.2, -0.15) is 0 Å². The fourth-order valence-electron chi connectivity index (χ4n) is 3.01. The van der Waals surface area contributed by atoms with Gasteiger partial charge in [-0.05, 0) is 32.8 Å². The summed E-state index contributed by atoms with van der Waals surface area (Å²) in [5.41, 5.74) is 7.98. The van der Waals surface area contributed by atoms with Gasteiger partial charge in [0, 0.05) is 36.6 Å². The van der Waals surface area contributed by atoms with Gasteiger partial charge in [0.15, 0.2) is 0 Å². The summed E-state index contributed by atoms with van der Waals surface area (Å²) in [4.78, 5) is 2.38. The van der Waals surface area contributed by atoms with Crippen LogP contribution < -0.4 is 15.4 Å². The van der Waals surface area contributed by atoms with Crippen molar-refractivity contribution in [2.45, 2.75) is 64.5 Å². The Kier molecular flexibility index (Phi) is 5.16. The van der Waals surface area contributed by atoms with Crippen molar-refractivity contribution in [1.82, 2.24) is 0 Å². The molecule has 1 saturated carbocycles. The van der Waals surface area contributed by atoms with Gasteiger partial charge < -0.3 is 15.4 Å². The number of hydrogen-bond acceptors (Lipinski definition) is 3. The molecule has 0 amide bonds. The molecule has 3 nitrogen and oxygen atoms in total. The fraction of sp³-hybridized carbons (Fsp3) is 0.647. The molecule has 2 rings (SSSR count). The molecule has 0 aromatic heterocycles. The smallest absolute Gasteiger partial charge is 0.123 e. The van der Waals surface area contributed by atoms with Crippen LogP contribution in [0.25, 0.3) is 0 Å². The summed E-state index contributed by atoms with van der Waals surface area (Å²) in [5, 5.41) is 0. The quantitative estimate of drug-likeness (QED) is 0.661. The van der Waals surface area contributed by atoms with E-state index >= 15 is 0 Å². The molecule has 20 heavy (non-hydrogen) atoms. The highest BCUT2D eigenvalue weighted by atomic mass is 16.5. The Morgan fingerprint density at radius 1 is 1.10 bits per heavy atom. The van der Waals surface area contributed by atoms with Gasteiger partial charge in [0.25, 0.3) is 0 Å². The van der Waals surface area contributed by atoms with Gasteiger partial charge in [-0.1, -0.05) is 25.7 Å². The lowest BCUT2D eigenvalue weighted by Crippen LogP contribution is -2.31. The molecule has 0 heterocycles. The normalized spacial score (nSPS) is 17.0. The number of benzene rings is 1. The number of hydrogen-bond donors (Lipinski definition) is 1. The molecule has 0 aliphatic heterocycles. The SMILES string of the molecule is CC(C)Oc1cc(N)cc(N(C)C2CCCCCC2)c1. The highest BCUT2D eigenvalue weighted by Gasteiger charge is 2.18. The molecule has 0 saturated heterocycles. The molecule has 1 aromatic carbocycles. The number of anilines is 2. The zero-order chi connectivity index (χ0) is 14.5. The van der Waals surface area contributed by atoms with E-state index in [4.69, 9.17) is 10.5 Å². The van der Waals surface area contributed by atoms with E-state index < -0.39 is 0 Å². The van der Waals surface area contributed by atoms with Crippen LogP contribution in [0.15, 0.2) is 18.2 Å². The fourth-order valence-corrected chi connectivity index (χ4v) is 3.01. The molecule has 1 fully saturated rings. The monoisotopic (exact) mass is 276 g/mol. The predicted molar refractivity (Wildman–Crippen MR) is 86.5 cm³/mol. The molecule has 0 radical (unpaired) electrons. The highest BCUT2D eigenvalue weighted by molar-refractivity contribution is 5.60. The Morgan fingerprint density at radius 3 is 2.35 bits per heavy atom. The predicted octanol–water partition coefficient (Wildman–Crippen LogP) is 4.22. The maximum atomic E-state index is 6.03. The van der Waals surface area contributed by atoms with Crippen LogP contribution >= 0.6 is 0 Å². The minimum Gasteiger partial charge on any atom is -0.491 e. The van der Waals surface area contributed by atoms with Crippen LogP contribution in [0.4, 0.5) is 11.4 Å². The molecule has 1 aliphatic rings. The second kappa shape index (κ2) is 6.87. The Bertz CT molecular complexity index is 423. The third-order valence-electron chi connectivity index (χ3n) is 4.07. The molecular formula is C17H28N2O. The molecule has 0 spiro atoms. The topological polar surface area (TPSA) is 38.5 Å². The van der Waals surface area contributed by atoms with E-state index in [1.54, 1.807) is 0 Å². The molecule has 2 N–H and O–H groups in total. The summed E-state index contributed by atoms with van der Waals surface area (Å²) in [6, 6.07) is 6.70. The van der Waals surface area contributed by atoms with E-state index in [1.165, 1.54) is 44.2 Å². The lowest BCUT2D eigenvalue weighted by atomic mass is 10.1. The molecule has 0 bridgehead atoms. The van der Waals surface area contributed by atoms with E-state index in [1.807, 2.05) is 19.9 Å². The zero-order valence-corrected chi connectivity index (χ0v) is 13.1. The summed E-state index contributed by atoms with van der Waals surface area (Å²) >= 11 is 0. The van der Waals surface area contributed by atoms with Gasteiger partial charge in [0.1, 0.15) is 5.75 Å². The van der Waals surface area contributed by atoms with Gasteiger partial charge >= 0.3 is 0 Å². The number of rotatable bonds is 4. The minimum absolute atomic E-state index is 0.174. The second-order valence-corrected chi connectivity index (χ2v) is 6.18. The molecule has 112 valence electrons. The first-order valence-corrected chi connectivity index (χ1v) is 7.86. The maximum absolute atomic E-state index is 6.03. The van der Waals surface area contributed by atoms with Crippen molar-refractivity contribution in [3.05, 3.63) is 18.2 Å². The van der Waals surface area contributed by atoms with Crippen molar-refractivity contribution in [1.29, 1.82) is 0 Å². The Morgan fingerprint density at radius 2 is 1.75 bits per heavy atom. The molecular weight excluding hydrogens is 248 g/mol. The Hall–Kier alpha value is -1.38. The van der Waals surface area contributed by atoms with Crippen molar-refractivity contribution in [2.24, 2.45) is 0 Å². The summed E-state index contributed by atoms with van der Waals surface area (Å²) in [7, 11) is 2.18. The first-order chi connectivity index (χ1) is 9.56. The van der Waals surface area contributed by atoms with Crippen molar-refractivity contribution >= 4 is 11.4 Å². The lowest BCUT2D eigenvalue weighted by Gasteiger charge is -2.30. The molecule has 3 heteroatoms. The first-order valence-electron chi connectivity index (χ1n) is 7.86. The van der Waals surface area contributed by atoms with Gasteiger partial charge in [0.05, 0.1) is 6.10 Å². The van der Waals surface area contributed by atoms with Crippen LogP contribution in [-0.2, 0) is 0 Å². The van der Waals surface area contributed by atoms with Crippen molar-refractivity contribution in [3.63, 3.8) is 0 Å². The van der Waals surface area contributed by atoms with E-state index in [0.717, 1.165) is 11.4 Å². The number of ether oxygens (including phenoxy) is 1. The van der Waals surface area contributed by atoms with Crippen LogP contribution in [0.2, 0.25) is 0 Å². The van der Waals surface area contributed by atoms with Gasteiger partial charge in [-0.3, -0.25) is 0 Å². The minimum atomic E-state index is 0.174.